The summed E-state index contributed by atoms with van der Waals surface area (Å²) in [5.41, 5.74) is 0.520. The molecule has 0 fully saturated rings. The van der Waals surface area contributed by atoms with Crippen LogP contribution >= 0.6 is 9.42 Å². The molecule has 0 radical (unpaired) electrons. The number of hydrogen-bond acceptors (Lipinski definition) is 2. The largest absolute Gasteiger partial charge is 0.693 e. The number of carboxylic acids is 1. The van der Waals surface area contributed by atoms with E-state index in [2.05, 4.69) is 44.7 Å². The third kappa shape index (κ3) is 9.09. The number of nitrogens with two attached hydrogens (primary N) is 2. The van der Waals surface area contributed by atoms with Crippen molar-refractivity contribution < 1.29 is 34.2 Å². The SMILES string of the molecule is C.CCC(C)(C)C(=O)O.O.[Cl][Pt].[NH2-].[NH2-].c1ccc2c(c1)cnc1ccccc12. The van der Waals surface area contributed by atoms with Crippen molar-refractivity contribution in [2.24, 2.45) is 5.41 Å². The Morgan fingerprint density at radius 1 is 1.04 bits per heavy atom. The molecule has 0 saturated carbocycles. The van der Waals surface area contributed by atoms with Crippen molar-refractivity contribution in [3.05, 3.63) is 67.0 Å². The summed E-state index contributed by atoms with van der Waals surface area (Å²) in [6.45, 7) is 5.30. The minimum Gasteiger partial charge on any atom is -0.693 e. The zero-order chi connectivity index (χ0) is 18.2. The van der Waals surface area contributed by atoms with Crippen molar-refractivity contribution in [2.75, 3.05) is 0 Å². The smallest absolute Gasteiger partial charge is 0.0708 e. The summed E-state index contributed by atoms with van der Waals surface area (Å²) in [6.07, 6.45) is 2.61. The number of halogens is 1. The number of carbonyl (C=O) groups is 1. The van der Waals surface area contributed by atoms with E-state index in [4.69, 9.17) is 5.11 Å². The molecular weight excluding hydrogens is 561 g/mol. The Labute approximate surface area is 183 Å². The van der Waals surface area contributed by atoms with Gasteiger partial charge in [-0.3, -0.25) is 9.78 Å². The first-order valence-electron chi connectivity index (χ1n) is 7.53. The molecule has 0 aliphatic heterocycles. The van der Waals surface area contributed by atoms with Crippen molar-refractivity contribution in [1.29, 1.82) is 0 Å². The first-order chi connectivity index (χ1) is 11.5. The molecule has 7 N–H and O–H groups in total. The predicted octanol–water partition coefficient (Wildman–Crippen LogP) is 6.83. The Balaban J connectivity index is -0.000000184. The van der Waals surface area contributed by atoms with E-state index < -0.39 is 11.4 Å². The molecule has 0 atom stereocenters. The van der Waals surface area contributed by atoms with Gasteiger partial charge in [-0.15, -0.1) is 0 Å². The average Bonchev–Trinajstić information content (AvgIpc) is 2.63. The molecule has 8 heteroatoms. The van der Waals surface area contributed by atoms with Crippen LogP contribution in [0.3, 0.4) is 0 Å². The van der Waals surface area contributed by atoms with Gasteiger partial charge in [0.05, 0.1) is 10.9 Å². The molecule has 163 valence electrons. The fourth-order valence-corrected chi connectivity index (χ4v) is 1.96. The summed E-state index contributed by atoms with van der Waals surface area (Å²) >= 11 is 1.61. The van der Waals surface area contributed by atoms with Crippen LogP contribution in [0.1, 0.15) is 34.6 Å². The third-order valence-electron chi connectivity index (χ3n) is 3.96. The van der Waals surface area contributed by atoms with Gasteiger partial charge >= 0.3 is 34.2 Å². The van der Waals surface area contributed by atoms with Crippen LogP contribution < -0.4 is 0 Å². The van der Waals surface area contributed by atoms with Gasteiger partial charge in [0.2, 0.25) is 0 Å². The summed E-state index contributed by atoms with van der Waals surface area (Å²) in [5, 5.41) is 12.1. The first kappa shape index (κ1) is 34.0. The second-order valence-electron chi connectivity index (χ2n) is 5.91. The molecule has 0 unspecified atom stereocenters. The zero-order valence-electron chi connectivity index (χ0n) is 15.6. The van der Waals surface area contributed by atoms with E-state index in [1.54, 1.807) is 32.6 Å². The van der Waals surface area contributed by atoms with E-state index in [9.17, 15) is 4.79 Å². The van der Waals surface area contributed by atoms with Crippen LogP contribution in [0.15, 0.2) is 54.7 Å². The second kappa shape index (κ2) is 16.4. The molecule has 0 bridgehead atoms. The number of carboxylic acid groups (broad SMARTS) is 1. The maximum Gasteiger partial charge on any atom is 0.0708 e. The second-order valence-corrected chi connectivity index (χ2v) is 5.91. The van der Waals surface area contributed by atoms with Gasteiger partial charge in [0.15, 0.2) is 0 Å². The Hall–Kier alpha value is -1.56. The van der Waals surface area contributed by atoms with Gasteiger partial charge in [-0.25, -0.2) is 0 Å². The predicted molar refractivity (Wildman–Crippen MR) is 118 cm³/mol. The van der Waals surface area contributed by atoms with E-state index in [1.807, 2.05) is 31.3 Å². The van der Waals surface area contributed by atoms with Crippen LogP contribution in [0.5, 0.6) is 0 Å². The van der Waals surface area contributed by atoms with E-state index >= 15 is 0 Å². The van der Waals surface area contributed by atoms with E-state index in [0.29, 0.717) is 6.42 Å². The molecule has 28 heavy (non-hydrogen) atoms. The summed E-state index contributed by atoms with van der Waals surface area (Å²) in [6, 6.07) is 16.6. The standard InChI is InChI=1S/C13H9N.C6H12O2.CH4.ClH.2H2N.H2O.Pt/c1-2-6-11-10(5-1)9-14-13-8-4-3-7-12(11)13;1-4-6(2,3)5(7)8;;;;;;/h1-9H;4H2,1-3H3,(H,7,8);1H4;1H;3*1H2;/q;;;;2*-1;;+1/p-1. The average molecular weight is 592 g/mol. The van der Waals surface area contributed by atoms with E-state index in [1.165, 1.54) is 16.2 Å². The molecule has 0 saturated heterocycles. The number of fused-ring (bicyclic) bond motifs is 3. The molecule has 1 heterocycles. The molecule has 0 amide bonds. The molecule has 1 aromatic heterocycles. The summed E-state index contributed by atoms with van der Waals surface area (Å²) in [5.74, 6) is -0.722. The maximum atomic E-state index is 10.3. The molecule has 3 aromatic rings. The number of aliphatic carboxylic acids is 1. The monoisotopic (exact) mass is 591 g/mol. The number of benzene rings is 2. The van der Waals surface area contributed by atoms with Crippen molar-refractivity contribution in [2.45, 2.75) is 34.6 Å². The van der Waals surface area contributed by atoms with Crippen LogP contribution in [0, 0.1) is 5.41 Å². The normalized spacial score (nSPS) is 8.93. The first-order valence-corrected chi connectivity index (χ1v) is 10.3. The number of nitrogens with zero attached hydrogens (tertiary/aromatic N) is 1. The van der Waals surface area contributed by atoms with Crippen molar-refractivity contribution in [3.63, 3.8) is 0 Å². The molecular formula is C20H31ClN3O3Pt-2. The van der Waals surface area contributed by atoms with Gasteiger partial charge in [-0.1, -0.05) is 56.8 Å². The number of aromatic nitrogens is 1. The molecule has 0 aliphatic rings. The Morgan fingerprint density at radius 3 is 1.96 bits per heavy atom. The van der Waals surface area contributed by atoms with Gasteiger partial charge in [0, 0.05) is 17.0 Å². The third-order valence-corrected chi connectivity index (χ3v) is 3.96. The fourth-order valence-electron chi connectivity index (χ4n) is 1.96. The summed E-state index contributed by atoms with van der Waals surface area (Å²) in [4.78, 5) is 14.7. The van der Waals surface area contributed by atoms with Crippen LogP contribution in [0.25, 0.3) is 34.0 Å². The number of para-hydroxylation sites is 1. The van der Waals surface area contributed by atoms with Crippen LogP contribution in [-0.4, -0.2) is 21.5 Å². The van der Waals surface area contributed by atoms with E-state index in [-0.39, 0.29) is 25.2 Å². The van der Waals surface area contributed by atoms with Gasteiger partial charge in [-0.05, 0) is 31.7 Å². The summed E-state index contributed by atoms with van der Waals surface area (Å²) in [7, 11) is 4.61. The Bertz CT molecular complexity index is 762. The number of rotatable bonds is 2. The van der Waals surface area contributed by atoms with E-state index in [0.717, 1.165) is 5.52 Å². The topological polar surface area (TPSA) is 149 Å². The van der Waals surface area contributed by atoms with Gasteiger partial charge < -0.3 is 22.9 Å². The van der Waals surface area contributed by atoms with Crippen molar-refractivity contribution in [1.82, 2.24) is 4.98 Å². The van der Waals surface area contributed by atoms with Crippen LogP contribution in [0.2, 0.25) is 0 Å². The Kier molecular flexibility index (Phi) is 19.9. The number of hydrogen-bond donors (Lipinski definition) is 1. The number of pyridine rings is 1. The van der Waals surface area contributed by atoms with Gasteiger partial charge in [-0.2, -0.15) is 0 Å². The minimum atomic E-state index is -0.722. The summed E-state index contributed by atoms with van der Waals surface area (Å²) < 4.78 is 0. The quantitative estimate of drug-likeness (QED) is 0.325. The molecule has 6 nitrogen and oxygen atoms in total. The van der Waals surface area contributed by atoms with Crippen molar-refractivity contribution >= 4 is 37.1 Å². The van der Waals surface area contributed by atoms with Crippen LogP contribution in [0.4, 0.5) is 0 Å². The minimum absolute atomic E-state index is 0. The maximum absolute atomic E-state index is 10.3. The molecule has 2 aromatic carbocycles. The van der Waals surface area contributed by atoms with Crippen LogP contribution in [-0.2, 0) is 23.6 Å². The molecule has 3 rings (SSSR count). The molecule has 0 aliphatic carbocycles. The van der Waals surface area contributed by atoms with Gasteiger partial charge in [0.25, 0.3) is 0 Å². The zero-order valence-corrected chi connectivity index (χ0v) is 18.6. The molecule has 0 spiro atoms. The Morgan fingerprint density at radius 2 is 1.50 bits per heavy atom. The van der Waals surface area contributed by atoms with Crippen molar-refractivity contribution in [3.8, 4) is 0 Å². The fraction of sp³-hybridized carbons (Fsp3) is 0.300. The van der Waals surface area contributed by atoms with Gasteiger partial charge in [0.1, 0.15) is 0 Å².